The molecule has 1 aliphatic rings. The van der Waals surface area contributed by atoms with Gasteiger partial charge in [0.05, 0.1) is 17.4 Å². The molecule has 1 aliphatic heterocycles. The summed E-state index contributed by atoms with van der Waals surface area (Å²) in [6.45, 7) is 5.81. The Balaban J connectivity index is 1.49. The summed E-state index contributed by atoms with van der Waals surface area (Å²) in [5.74, 6) is 1.86. The highest BCUT2D eigenvalue weighted by atomic mass is 16.5. The molecule has 0 aliphatic carbocycles. The average molecular weight is 470 g/mol. The quantitative estimate of drug-likeness (QED) is 0.355. The first-order valence-corrected chi connectivity index (χ1v) is 12.2. The molecule has 5 rings (SSSR count). The maximum absolute atomic E-state index is 9.95. The van der Waals surface area contributed by atoms with E-state index in [2.05, 4.69) is 44.9 Å². The number of pyridine rings is 1. The van der Waals surface area contributed by atoms with E-state index in [0.29, 0.717) is 24.3 Å². The van der Waals surface area contributed by atoms with Gasteiger partial charge in [0, 0.05) is 30.4 Å². The van der Waals surface area contributed by atoms with Crippen molar-refractivity contribution in [3.05, 3.63) is 72.1 Å². The minimum atomic E-state index is -0.418. The highest BCUT2D eigenvalue weighted by Crippen LogP contribution is 2.37. The van der Waals surface area contributed by atoms with Crippen LogP contribution >= 0.6 is 0 Å². The van der Waals surface area contributed by atoms with Crippen molar-refractivity contribution >= 4 is 16.7 Å². The molecule has 1 fully saturated rings. The molecule has 0 spiro atoms. The average Bonchev–Trinajstić information content (AvgIpc) is 2.87. The number of piperidine rings is 1. The van der Waals surface area contributed by atoms with Crippen molar-refractivity contribution in [3.8, 4) is 22.9 Å². The number of benzene rings is 2. The fraction of sp³-hybridized carbons (Fsp3) is 0.321. The summed E-state index contributed by atoms with van der Waals surface area (Å²) < 4.78 is 6.49. The molecular formula is C28H31N5O2. The van der Waals surface area contributed by atoms with Crippen LogP contribution in [0.15, 0.2) is 60.9 Å². The van der Waals surface area contributed by atoms with E-state index in [1.54, 1.807) is 19.3 Å². The molecule has 35 heavy (non-hydrogen) atoms. The zero-order valence-electron chi connectivity index (χ0n) is 20.2. The van der Waals surface area contributed by atoms with Crippen molar-refractivity contribution in [3.63, 3.8) is 0 Å². The normalized spacial score (nSPS) is 16.7. The standard InChI is InChI=1S/C28H31N5O2/c1-18-10-11-22-20(16-19(2)34)6-3-8-23(22)26(18)35-27-24(9-5-14-30-27)25-12-15-31-28(33-25)32-21-7-4-13-29-17-21/h3,5-6,8-12,14-15,19,21,29,34H,4,7,13,16-17H2,1-2H3,(H,31,32,33). The van der Waals surface area contributed by atoms with Gasteiger partial charge in [-0.25, -0.2) is 15.0 Å². The van der Waals surface area contributed by atoms with E-state index >= 15 is 0 Å². The molecule has 3 N–H and O–H groups in total. The number of anilines is 1. The number of hydrogen-bond donors (Lipinski definition) is 3. The predicted molar refractivity (Wildman–Crippen MR) is 139 cm³/mol. The summed E-state index contributed by atoms with van der Waals surface area (Å²) in [7, 11) is 0. The number of aryl methyl sites for hydroxylation is 1. The van der Waals surface area contributed by atoms with Crippen LogP contribution in [-0.4, -0.2) is 45.3 Å². The summed E-state index contributed by atoms with van der Waals surface area (Å²) in [4.78, 5) is 13.8. The van der Waals surface area contributed by atoms with Gasteiger partial charge >= 0.3 is 0 Å². The van der Waals surface area contributed by atoms with Crippen LogP contribution in [0.5, 0.6) is 11.6 Å². The van der Waals surface area contributed by atoms with E-state index in [1.165, 1.54) is 0 Å². The molecule has 0 saturated carbocycles. The molecule has 2 atom stereocenters. The second kappa shape index (κ2) is 10.4. The summed E-state index contributed by atoms with van der Waals surface area (Å²) in [5.41, 5.74) is 3.66. The largest absolute Gasteiger partial charge is 0.437 e. The Morgan fingerprint density at radius 1 is 1.09 bits per heavy atom. The molecule has 7 nitrogen and oxygen atoms in total. The maximum Gasteiger partial charge on any atom is 0.228 e. The molecule has 2 aromatic heterocycles. The molecule has 2 aromatic carbocycles. The predicted octanol–water partition coefficient (Wildman–Crippen LogP) is 4.88. The first-order valence-electron chi connectivity index (χ1n) is 12.2. The zero-order chi connectivity index (χ0) is 24.2. The second-order valence-corrected chi connectivity index (χ2v) is 9.19. The first kappa shape index (κ1) is 23.2. The number of fused-ring (bicyclic) bond motifs is 1. The molecular weight excluding hydrogens is 438 g/mol. The van der Waals surface area contributed by atoms with Crippen LogP contribution in [0, 0.1) is 6.92 Å². The summed E-state index contributed by atoms with van der Waals surface area (Å²) in [6.07, 6.45) is 5.90. The molecule has 4 aromatic rings. The third-order valence-corrected chi connectivity index (χ3v) is 6.35. The minimum absolute atomic E-state index is 0.317. The topological polar surface area (TPSA) is 92.2 Å². The zero-order valence-corrected chi connectivity index (χ0v) is 20.2. The lowest BCUT2D eigenvalue weighted by molar-refractivity contribution is 0.196. The second-order valence-electron chi connectivity index (χ2n) is 9.19. The van der Waals surface area contributed by atoms with Gasteiger partial charge in [-0.3, -0.25) is 0 Å². The Hall–Kier alpha value is -3.55. The molecule has 0 radical (unpaired) electrons. The van der Waals surface area contributed by atoms with Crippen molar-refractivity contribution in [1.29, 1.82) is 0 Å². The lowest BCUT2D eigenvalue weighted by Crippen LogP contribution is -2.38. The highest BCUT2D eigenvalue weighted by molar-refractivity contribution is 5.92. The number of hydrogen-bond acceptors (Lipinski definition) is 7. The van der Waals surface area contributed by atoms with Gasteiger partial charge in [-0.1, -0.05) is 30.3 Å². The van der Waals surface area contributed by atoms with Crippen LogP contribution in [0.4, 0.5) is 5.95 Å². The lowest BCUT2D eigenvalue weighted by Gasteiger charge is -2.23. The van der Waals surface area contributed by atoms with E-state index in [1.807, 2.05) is 31.2 Å². The fourth-order valence-electron chi connectivity index (χ4n) is 4.64. The molecule has 7 heteroatoms. The monoisotopic (exact) mass is 469 g/mol. The number of nitrogens with one attached hydrogen (secondary N) is 2. The van der Waals surface area contributed by atoms with Crippen molar-refractivity contribution in [1.82, 2.24) is 20.3 Å². The number of nitrogens with zero attached hydrogens (tertiary/aromatic N) is 3. The van der Waals surface area contributed by atoms with Crippen molar-refractivity contribution in [2.75, 3.05) is 18.4 Å². The molecule has 0 amide bonds. The molecule has 3 heterocycles. The van der Waals surface area contributed by atoms with Crippen LogP contribution in [0.2, 0.25) is 0 Å². The highest BCUT2D eigenvalue weighted by Gasteiger charge is 2.17. The maximum atomic E-state index is 9.95. The Kier molecular flexibility index (Phi) is 6.88. The van der Waals surface area contributed by atoms with E-state index in [9.17, 15) is 5.11 Å². The van der Waals surface area contributed by atoms with E-state index in [4.69, 9.17) is 9.72 Å². The Labute approximate surface area is 205 Å². The molecule has 2 unspecified atom stereocenters. The third kappa shape index (κ3) is 5.26. The number of aliphatic hydroxyl groups excluding tert-OH is 1. The Morgan fingerprint density at radius 3 is 2.83 bits per heavy atom. The van der Waals surface area contributed by atoms with E-state index < -0.39 is 6.10 Å². The van der Waals surface area contributed by atoms with Gasteiger partial charge in [-0.15, -0.1) is 0 Å². The van der Waals surface area contributed by atoms with Gasteiger partial charge in [0.2, 0.25) is 11.8 Å². The first-order chi connectivity index (χ1) is 17.1. The van der Waals surface area contributed by atoms with Gasteiger partial charge in [-0.2, -0.15) is 0 Å². The third-order valence-electron chi connectivity index (χ3n) is 6.35. The van der Waals surface area contributed by atoms with Crippen molar-refractivity contribution in [2.24, 2.45) is 0 Å². The van der Waals surface area contributed by atoms with Crippen LogP contribution < -0.4 is 15.4 Å². The van der Waals surface area contributed by atoms with E-state index in [0.717, 1.165) is 64.8 Å². The minimum Gasteiger partial charge on any atom is -0.437 e. The number of aliphatic hydroxyl groups is 1. The van der Waals surface area contributed by atoms with Crippen LogP contribution in [-0.2, 0) is 6.42 Å². The van der Waals surface area contributed by atoms with E-state index in [-0.39, 0.29) is 0 Å². The van der Waals surface area contributed by atoms with Gasteiger partial charge in [0.15, 0.2) is 0 Å². The summed E-state index contributed by atoms with van der Waals surface area (Å²) >= 11 is 0. The summed E-state index contributed by atoms with van der Waals surface area (Å²) in [6, 6.07) is 16.3. The Morgan fingerprint density at radius 2 is 2.00 bits per heavy atom. The fourth-order valence-corrected chi connectivity index (χ4v) is 4.64. The van der Waals surface area contributed by atoms with Gasteiger partial charge in [0.25, 0.3) is 0 Å². The number of ether oxygens (including phenoxy) is 1. The number of aromatic nitrogens is 3. The van der Waals surface area contributed by atoms with Gasteiger partial charge < -0.3 is 20.5 Å². The van der Waals surface area contributed by atoms with Crippen LogP contribution in [0.3, 0.4) is 0 Å². The summed E-state index contributed by atoms with van der Waals surface area (Å²) in [5, 5.41) is 18.9. The molecule has 1 saturated heterocycles. The molecule has 180 valence electrons. The smallest absolute Gasteiger partial charge is 0.228 e. The SMILES string of the molecule is Cc1ccc2c(CC(C)O)cccc2c1Oc1ncccc1-c1ccnc(NC2CCCNC2)n1. The Bertz CT molecular complexity index is 1320. The van der Waals surface area contributed by atoms with Crippen molar-refractivity contribution in [2.45, 2.75) is 45.3 Å². The lowest BCUT2D eigenvalue weighted by atomic mass is 9.98. The van der Waals surface area contributed by atoms with Crippen molar-refractivity contribution < 1.29 is 9.84 Å². The van der Waals surface area contributed by atoms with Crippen LogP contribution in [0.1, 0.15) is 30.9 Å². The molecule has 0 bridgehead atoms. The number of rotatable bonds is 7. The van der Waals surface area contributed by atoms with Gasteiger partial charge in [0.1, 0.15) is 5.75 Å². The van der Waals surface area contributed by atoms with Crippen LogP contribution in [0.25, 0.3) is 22.0 Å². The van der Waals surface area contributed by atoms with Gasteiger partial charge in [-0.05, 0) is 74.4 Å².